The van der Waals surface area contributed by atoms with Crippen LogP contribution in [0.5, 0.6) is 0 Å². The van der Waals surface area contributed by atoms with Crippen LogP contribution in [0.15, 0.2) is 0 Å². The number of carbonyl (C=O) groups is 4. The second kappa shape index (κ2) is 59.8. The molecule has 0 saturated heterocycles. The predicted octanol–water partition coefficient (Wildman–Crippen LogP) is 19.7. The van der Waals surface area contributed by atoms with E-state index in [4.69, 9.17) is 37.0 Å². The fraction of sp³-hybridized carbons (Fsp3) is 0.943. The molecule has 0 aliphatic heterocycles. The summed E-state index contributed by atoms with van der Waals surface area (Å²) in [6.07, 6.45) is 41.6. The predicted molar refractivity (Wildman–Crippen MR) is 358 cm³/mol. The fourth-order valence-electron chi connectivity index (χ4n) is 10.4. The van der Waals surface area contributed by atoms with Crippen molar-refractivity contribution in [2.45, 2.75) is 363 Å². The summed E-state index contributed by atoms with van der Waals surface area (Å²) in [6, 6.07) is 0. The van der Waals surface area contributed by atoms with Gasteiger partial charge < -0.3 is 33.8 Å². The molecule has 0 rings (SSSR count). The molecule has 0 aromatic carbocycles. The molecule has 0 bridgehead atoms. The maximum Gasteiger partial charge on any atom is 0.472 e. The lowest BCUT2D eigenvalue weighted by atomic mass is 9.99. The number of hydrogen-bond donors (Lipinski definition) is 3. The minimum atomic E-state index is -4.95. The summed E-state index contributed by atoms with van der Waals surface area (Å²) in [5.74, 6) is 0.905. The van der Waals surface area contributed by atoms with Gasteiger partial charge in [0.2, 0.25) is 0 Å². The van der Waals surface area contributed by atoms with Crippen LogP contribution < -0.4 is 0 Å². The SMILES string of the molecule is CCC(C)CCCCCCCCCCCCC(=O)OC[C@H](COP(=O)(O)OC[C@@H](O)COP(=O)(O)OC[C@@H](COC(=O)CCCCCCCCC(C)CC)OC(=O)CCCCCCCCC(C)CC)OC(=O)CCCCCCCCCCCCCCC(C)C. The largest absolute Gasteiger partial charge is 0.472 e. The number of rotatable bonds is 67. The lowest BCUT2D eigenvalue weighted by Crippen LogP contribution is -2.30. The van der Waals surface area contributed by atoms with E-state index in [2.05, 4.69) is 55.4 Å². The van der Waals surface area contributed by atoms with Gasteiger partial charge in [0, 0.05) is 25.7 Å². The molecule has 3 N–H and O–H groups in total. The second-order valence-corrected chi connectivity index (χ2v) is 29.4. The zero-order chi connectivity index (χ0) is 66.1. The molecule has 0 fully saturated rings. The highest BCUT2D eigenvalue weighted by atomic mass is 31.2. The highest BCUT2D eigenvalue weighted by Gasteiger charge is 2.30. The zero-order valence-electron chi connectivity index (χ0n) is 58.1. The third kappa shape index (κ3) is 60.7. The van der Waals surface area contributed by atoms with Crippen molar-refractivity contribution in [1.29, 1.82) is 0 Å². The van der Waals surface area contributed by atoms with Crippen LogP contribution in [0.1, 0.15) is 344 Å². The summed E-state index contributed by atoms with van der Waals surface area (Å²) in [5, 5.41) is 10.6. The Kier molecular flexibility index (Phi) is 58.5. The monoisotopic (exact) mass is 1310 g/mol. The first-order valence-electron chi connectivity index (χ1n) is 36.3. The Balaban J connectivity index is 5.26. The van der Waals surface area contributed by atoms with Gasteiger partial charge >= 0.3 is 39.5 Å². The van der Waals surface area contributed by atoms with E-state index < -0.39 is 97.5 Å². The van der Waals surface area contributed by atoms with Crippen molar-refractivity contribution in [2.24, 2.45) is 23.7 Å². The van der Waals surface area contributed by atoms with Crippen molar-refractivity contribution >= 4 is 39.5 Å². The quantitative estimate of drug-likeness (QED) is 0.0222. The Labute approximate surface area is 543 Å². The van der Waals surface area contributed by atoms with Crippen LogP contribution >= 0.6 is 15.6 Å². The van der Waals surface area contributed by atoms with Crippen LogP contribution in [-0.4, -0.2) is 96.7 Å². The lowest BCUT2D eigenvalue weighted by Gasteiger charge is -2.21. The number of hydrogen-bond acceptors (Lipinski definition) is 15. The molecule has 8 atom stereocenters. The molecule has 0 radical (unpaired) electrons. The van der Waals surface area contributed by atoms with E-state index in [1.54, 1.807) is 0 Å². The molecule has 89 heavy (non-hydrogen) atoms. The second-order valence-electron chi connectivity index (χ2n) is 26.5. The first-order valence-corrected chi connectivity index (χ1v) is 39.3. The van der Waals surface area contributed by atoms with Gasteiger partial charge in [0.05, 0.1) is 26.4 Å². The van der Waals surface area contributed by atoms with Crippen LogP contribution in [0.25, 0.3) is 0 Å². The molecule has 0 aliphatic rings. The Morgan fingerprint density at radius 1 is 0.315 bits per heavy atom. The lowest BCUT2D eigenvalue weighted by molar-refractivity contribution is -0.161. The number of ether oxygens (including phenoxy) is 4. The summed E-state index contributed by atoms with van der Waals surface area (Å²) in [4.78, 5) is 72.5. The zero-order valence-corrected chi connectivity index (χ0v) is 59.8. The van der Waals surface area contributed by atoms with Gasteiger partial charge in [-0.25, -0.2) is 9.13 Å². The van der Waals surface area contributed by atoms with E-state index in [1.165, 1.54) is 141 Å². The summed E-state index contributed by atoms with van der Waals surface area (Å²) in [7, 11) is -9.90. The average Bonchev–Trinajstić information content (AvgIpc) is 3.59. The third-order valence-corrected chi connectivity index (χ3v) is 19.1. The topological polar surface area (TPSA) is 237 Å². The van der Waals surface area contributed by atoms with E-state index in [0.717, 1.165) is 120 Å². The van der Waals surface area contributed by atoms with Crippen LogP contribution in [-0.2, 0) is 65.4 Å². The highest BCUT2D eigenvalue weighted by molar-refractivity contribution is 7.47. The molecule has 5 unspecified atom stereocenters. The van der Waals surface area contributed by atoms with Crippen LogP contribution in [0, 0.1) is 23.7 Å². The number of esters is 4. The van der Waals surface area contributed by atoms with Gasteiger partial charge in [-0.2, -0.15) is 0 Å². The molecule has 528 valence electrons. The van der Waals surface area contributed by atoms with E-state index in [-0.39, 0.29) is 25.7 Å². The summed E-state index contributed by atoms with van der Waals surface area (Å²) in [5.41, 5.74) is 0. The molecule has 17 nitrogen and oxygen atoms in total. The van der Waals surface area contributed by atoms with E-state index in [1.807, 2.05) is 0 Å². The van der Waals surface area contributed by atoms with E-state index in [9.17, 15) is 43.2 Å². The van der Waals surface area contributed by atoms with Crippen molar-refractivity contribution in [1.82, 2.24) is 0 Å². The van der Waals surface area contributed by atoms with Crippen molar-refractivity contribution in [3.63, 3.8) is 0 Å². The van der Waals surface area contributed by atoms with Crippen molar-refractivity contribution in [3.05, 3.63) is 0 Å². The molecule has 0 heterocycles. The molecule has 0 saturated carbocycles. The van der Waals surface area contributed by atoms with Gasteiger partial charge in [-0.1, -0.05) is 293 Å². The highest BCUT2D eigenvalue weighted by Crippen LogP contribution is 2.45. The van der Waals surface area contributed by atoms with Gasteiger partial charge in [0.1, 0.15) is 19.3 Å². The molecule has 0 aliphatic carbocycles. The minimum absolute atomic E-state index is 0.102. The standard InChI is InChI=1S/C70H136O17P2/c1-9-61(6)47-39-31-23-19-16-17-20-24-34-42-50-67(72)80-56-65(86-69(74)52-44-36-25-21-15-13-12-14-18-22-30-38-46-60(4)5)58-84-88(76,77)82-54-64(71)55-83-89(78,79)85-59-66(87-70(75)53-45-37-29-27-33-41-49-63(8)11-3)57-81-68(73)51-43-35-28-26-32-40-48-62(7)10-2/h60-66,71H,9-59H2,1-8H3,(H,76,77)(H,78,79)/t61?,62?,63?,64-,65-,66-/m1/s1. The number of phosphoric ester groups is 2. The maximum absolute atomic E-state index is 13.0. The van der Waals surface area contributed by atoms with Crippen LogP contribution in [0.4, 0.5) is 0 Å². The van der Waals surface area contributed by atoms with E-state index >= 15 is 0 Å². The number of unbranched alkanes of at least 4 members (excludes halogenated alkanes) is 30. The van der Waals surface area contributed by atoms with Crippen molar-refractivity contribution in [3.8, 4) is 0 Å². The first-order chi connectivity index (χ1) is 42.7. The Morgan fingerprint density at radius 2 is 0.539 bits per heavy atom. The smallest absolute Gasteiger partial charge is 0.462 e. The molecule has 0 aromatic rings. The normalized spacial score (nSPS) is 15.2. The van der Waals surface area contributed by atoms with Gasteiger partial charge in [0.25, 0.3) is 0 Å². The van der Waals surface area contributed by atoms with Gasteiger partial charge in [-0.05, 0) is 49.4 Å². The molecular weight excluding hydrogens is 1170 g/mol. The molecule has 0 spiro atoms. The van der Waals surface area contributed by atoms with Gasteiger partial charge in [-0.3, -0.25) is 37.3 Å². The molecule has 19 heteroatoms. The number of aliphatic hydroxyl groups is 1. The Morgan fingerprint density at radius 3 is 0.798 bits per heavy atom. The van der Waals surface area contributed by atoms with Gasteiger partial charge in [-0.15, -0.1) is 0 Å². The first kappa shape index (κ1) is 87.1. The summed E-state index contributed by atoms with van der Waals surface area (Å²) in [6.45, 7) is 14.1. The Hall–Kier alpha value is -1.94. The van der Waals surface area contributed by atoms with E-state index in [0.29, 0.717) is 25.7 Å². The van der Waals surface area contributed by atoms with Crippen molar-refractivity contribution in [2.75, 3.05) is 39.6 Å². The molecule has 0 amide bonds. The van der Waals surface area contributed by atoms with Crippen molar-refractivity contribution < 1.29 is 80.2 Å². The number of aliphatic hydroxyl groups excluding tert-OH is 1. The maximum atomic E-state index is 13.0. The summed E-state index contributed by atoms with van der Waals surface area (Å²) >= 11 is 0. The number of phosphoric acid groups is 2. The Bertz CT molecular complexity index is 1770. The molecular formula is C70H136O17P2. The third-order valence-electron chi connectivity index (χ3n) is 17.2. The summed E-state index contributed by atoms with van der Waals surface area (Å²) < 4.78 is 68.3. The minimum Gasteiger partial charge on any atom is -0.462 e. The van der Waals surface area contributed by atoms with Crippen LogP contribution in [0.2, 0.25) is 0 Å². The van der Waals surface area contributed by atoms with Crippen LogP contribution in [0.3, 0.4) is 0 Å². The number of carbonyl (C=O) groups excluding carboxylic acids is 4. The molecule has 0 aromatic heterocycles. The van der Waals surface area contributed by atoms with Gasteiger partial charge in [0.15, 0.2) is 12.2 Å². The average molecular weight is 1310 g/mol. The fourth-order valence-corrected chi connectivity index (χ4v) is 12.0.